The molecule has 2 rings (SSSR count). The SMILES string of the molecule is COC(=O)C1=C(OC)C(=O)OC1(C)c1ccccc1. The van der Waals surface area contributed by atoms with Crippen molar-refractivity contribution in [2.75, 3.05) is 14.2 Å². The van der Waals surface area contributed by atoms with Gasteiger partial charge in [-0.2, -0.15) is 0 Å². The van der Waals surface area contributed by atoms with E-state index in [0.717, 1.165) is 0 Å². The molecule has 0 bridgehead atoms. The molecule has 1 heterocycles. The van der Waals surface area contributed by atoms with Crippen LogP contribution < -0.4 is 0 Å². The second-order valence-electron chi connectivity index (χ2n) is 4.19. The minimum absolute atomic E-state index is 0.0775. The molecule has 1 aliphatic rings. The van der Waals surface area contributed by atoms with Crippen LogP contribution in [-0.4, -0.2) is 26.2 Å². The zero-order valence-corrected chi connectivity index (χ0v) is 10.9. The fourth-order valence-corrected chi connectivity index (χ4v) is 2.14. The lowest BCUT2D eigenvalue weighted by Crippen LogP contribution is -2.29. The first kappa shape index (κ1) is 13.1. The molecule has 1 aromatic rings. The largest absolute Gasteiger partial charge is 0.489 e. The monoisotopic (exact) mass is 262 g/mol. The number of hydrogen-bond acceptors (Lipinski definition) is 5. The van der Waals surface area contributed by atoms with E-state index in [1.165, 1.54) is 14.2 Å². The van der Waals surface area contributed by atoms with E-state index in [2.05, 4.69) is 0 Å². The van der Waals surface area contributed by atoms with Crippen LogP contribution in [0, 0.1) is 0 Å². The molecule has 5 heteroatoms. The van der Waals surface area contributed by atoms with Crippen LogP contribution >= 0.6 is 0 Å². The smallest absolute Gasteiger partial charge is 0.375 e. The van der Waals surface area contributed by atoms with Crippen molar-refractivity contribution in [2.45, 2.75) is 12.5 Å². The molecule has 1 aromatic carbocycles. The number of ether oxygens (including phenoxy) is 3. The van der Waals surface area contributed by atoms with Crippen molar-refractivity contribution in [1.82, 2.24) is 0 Å². The first-order valence-corrected chi connectivity index (χ1v) is 5.70. The zero-order valence-electron chi connectivity index (χ0n) is 10.9. The van der Waals surface area contributed by atoms with Crippen LogP contribution in [0.4, 0.5) is 0 Å². The number of hydrogen-bond donors (Lipinski definition) is 0. The predicted molar refractivity (Wildman–Crippen MR) is 65.9 cm³/mol. The van der Waals surface area contributed by atoms with Gasteiger partial charge in [-0.05, 0) is 6.92 Å². The normalized spacial score (nSPS) is 22.2. The van der Waals surface area contributed by atoms with E-state index in [4.69, 9.17) is 14.2 Å². The maximum Gasteiger partial charge on any atom is 0.375 e. The Kier molecular flexibility index (Phi) is 3.29. The summed E-state index contributed by atoms with van der Waals surface area (Å²) in [7, 11) is 2.56. The fourth-order valence-electron chi connectivity index (χ4n) is 2.14. The summed E-state index contributed by atoms with van der Waals surface area (Å²) in [4.78, 5) is 23.7. The Hall–Kier alpha value is -2.30. The van der Waals surface area contributed by atoms with Gasteiger partial charge in [0.25, 0.3) is 0 Å². The van der Waals surface area contributed by atoms with Gasteiger partial charge in [-0.25, -0.2) is 9.59 Å². The third kappa shape index (κ3) is 1.97. The Morgan fingerprint density at radius 2 is 1.84 bits per heavy atom. The molecule has 0 saturated heterocycles. The van der Waals surface area contributed by atoms with E-state index >= 15 is 0 Å². The molecule has 19 heavy (non-hydrogen) atoms. The van der Waals surface area contributed by atoms with Gasteiger partial charge in [-0.15, -0.1) is 0 Å². The Bertz CT molecular complexity index is 546. The first-order valence-electron chi connectivity index (χ1n) is 5.70. The second kappa shape index (κ2) is 4.76. The van der Waals surface area contributed by atoms with Gasteiger partial charge in [0.2, 0.25) is 5.76 Å². The van der Waals surface area contributed by atoms with Crippen LogP contribution in [0.15, 0.2) is 41.7 Å². The van der Waals surface area contributed by atoms with Gasteiger partial charge in [-0.3, -0.25) is 0 Å². The number of cyclic esters (lactones) is 1. The van der Waals surface area contributed by atoms with E-state index in [-0.39, 0.29) is 11.3 Å². The van der Waals surface area contributed by atoms with Gasteiger partial charge in [0.1, 0.15) is 5.57 Å². The standard InChI is InChI=1S/C14H14O5/c1-14(9-7-5-4-6-8-9)10(12(15)18-3)11(17-2)13(16)19-14/h4-8H,1-3H3. The summed E-state index contributed by atoms with van der Waals surface area (Å²) in [5.41, 5.74) is -0.443. The van der Waals surface area contributed by atoms with Crippen molar-refractivity contribution < 1.29 is 23.8 Å². The Labute approximate surface area is 110 Å². The van der Waals surface area contributed by atoms with E-state index in [1.54, 1.807) is 31.2 Å². The van der Waals surface area contributed by atoms with Crippen molar-refractivity contribution in [3.63, 3.8) is 0 Å². The van der Waals surface area contributed by atoms with Crippen molar-refractivity contribution in [3.05, 3.63) is 47.2 Å². The van der Waals surface area contributed by atoms with Gasteiger partial charge in [-0.1, -0.05) is 30.3 Å². The number of methoxy groups -OCH3 is 2. The zero-order chi connectivity index (χ0) is 14.0. The van der Waals surface area contributed by atoms with Crippen LogP contribution in [0.25, 0.3) is 0 Å². The van der Waals surface area contributed by atoms with E-state index in [0.29, 0.717) is 5.56 Å². The molecular formula is C14H14O5. The van der Waals surface area contributed by atoms with Crippen LogP contribution in [0.3, 0.4) is 0 Å². The van der Waals surface area contributed by atoms with E-state index in [9.17, 15) is 9.59 Å². The molecule has 0 amide bonds. The lowest BCUT2D eigenvalue weighted by Gasteiger charge is -2.25. The van der Waals surface area contributed by atoms with Crippen LogP contribution in [0.5, 0.6) is 0 Å². The molecule has 1 aliphatic heterocycles. The van der Waals surface area contributed by atoms with E-state index in [1.807, 2.05) is 6.07 Å². The lowest BCUT2D eigenvalue weighted by molar-refractivity contribution is -0.150. The average Bonchev–Trinajstić information content (AvgIpc) is 2.70. The molecule has 0 spiro atoms. The number of carbonyl (C=O) groups is 2. The quantitative estimate of drug-likeness (QED) is 0.773. The fraction of sp³-hybridized carbons (Fsp3) is 0.286. The highest BCUT2D eigenvalue weighted by Crippen LogP contribution is 2.41. The first-order chi connectivity index (χ1) is 9.04. The molecule has 5 nitrogen and oxygen atoms in total. The summed E-state index contributed by atoms with van der Waals surface area (Å²) in [6.07, 6.45) is 0. The van der Waals surface area contributed by atoms with Crippen molar-refractivity contribution in [3.8, 4) is 0 Å². The Morgan fingerprint density at radius 3 is 2.37 bits per heavy atom. The number of esters is 2. The molecule has 100 valence electrons. The third-order valence-electron chi connectivity index (χ3n) is 3.10. The average molecular weight is 262 g/mol. The number of rotatable bonds is 3. The van der Waals surface area contributed by atoms with E-state index < -0.39 is 17.5 Å². The minimum atomic E-state index is -1.20. The summed E-state index contributed by atoms with van der Waals surface area (Å²) >= 11 is 0. The highest BCUT2D eigenvalue weighted by atomic mass is 16.6. The van der Waals surface area contributed by atoms with Gasteiger partial charge in [0.15, 0.2) is 5.60 Å². The summed E-state index contributed by atoms with van der Waals surface area (Å²) in [5, 5.41) is 0. The number of carbonyl (C=O) groups excluding carboxylic acids is 2. The molecule has 0 saturated carbocycles. The topological polar surface area (TPSA) is 61.8 Å². The van der Waals surface area contributed by atoms with Crippen LogP contribution in [-0.2, 0) is 29.4 Å². The Morgan fingerprint density at radius 1 is 1.21 bits per heavy atom. The maximum atomic E-state index is 11.9. The molecule has 0 aliphatic carbocycles. The lowest BCUT2D eigenvalue weighted by atomic mass is 9.88. The maximum absolute atomic E-state index is 11.9. The second-order valence-corrected chi connectivity index (χ2v) is 4.19. The molecule has 0 radical (unpaired) electrons. The summed E-state index contributed by atoms with van der Waals surface area (Å²) in [6.45, 7) is 1.64. The van der Waals surface area contributed by atoms with Gasteiger partial charge in [0.05, 0.1) is 14.2 Å². The van der Waals surface area contributed by atoms with Crippen LogP contribution in [0.1, 0.15) is 12.5 Å². The molecule has 1 unspecified atom stereocenters. The summed E-state index contributed by atoms with van der Waals surface area (Å²) in [6, 6.07) is 8.98. The molecular weight excluding hydrogens is 248 g/mol. The molecule has 0 aromatic heterocycles. The van der Waals surface area contributed by atoms with Crippen molar-refractivity contribution in [1.29, 1.82) is 0 Å². The van der Waals surface area contributed by atoms with Crippen LogP contribution in [0.2, 0.25) is 0 Å². The molecule has 0 N–H and O–H groups in total. The highest BCUT2D eigenvalue weighted by Gasteiger charge is 2.50. The summed E-state index contributed by atoms with van der Waals surface area (Å²) < 4.78 is 15.0. The van der Waals surface area contributed by atoms with Gasteiger partial charge >= 0.3 is 11.9 Å². The highest BCUT2D eigenvalue weighted by molar-refractivity contribution is 6.04. The minimum Gasteiger partial charge on any atom is -0.489 e. The van der Waals surface area contributed by atoms with Crippen molar-refractivity contribution >= 4 is 11.9 Å². The number of benzene rings is 1. The summed E-state index contributed by atoms with van der Waals surface area (Å²) in [5.74, 6) is -1.43. The van der Waals surface area contributed by atoms with Gasteiger partial charge < -0.3 is 14.2 Å². The van der Waals surface area contributed by atoms with Crippen molar-refractivity contribution in [2.24, 2.45) is 0 Å². The Balaban J connectivity index is 2.61. The molecule has 0 fully saturated rings. The van der Waals surface area contributed by atoms with Gasteiger partial charge in [0, 0.05) is 5.56 Å². The molecule has 1 atom stereocenters. The predicted octanol–water partition coefficient (Wildman–Crippen LogP) is 1.53. The third-order valence-corrected chi connectivity index (χ3v) is 3.10.